The van der Waals surface area contributed by atoms with Crippen molar-refractivity contribution < 1.29 is 9.90 Å². The number of ketones is 1. The van der Waals surface area contributed by atoms with Crippen LogP contribution in [0.5, 0.6) is 0 Å². The van der Waals surface area contributed by atoms with E-state index in [-0.39, 0.29) is 11.6 Å². The predicted octanol–water partition coefficient (Wildman–Crippen LogP) is 0.173. The van der Waals surface area contributed by atoms with Gasteiger partial charge < -0.3 is 5.11 Å². The summed E-state index contributed by atoms with van der Waals surface area (Å²) in [6.45, 7) is 0.679. The van der Waals surface area contributed by atoms with Gasteiger partial charge in [-0.1, -0.05) is 0 Å². The zero-order valence-electron chi connectivity index (χ0n) is 8.15. The average Bonchev–Trinajstić information content (AvgIpc) is 2.22. The molecule has 0 aromatic rings. The first kappa shape index (κ1) is 7.83. The van der Waals surface area contributed by atoms with Gasteiger partial charge in [-0.3, -0.25) is 9.69 Å². The fourth-order valence-corrected chi connectivity index (χ4v) is 4.61. The summed E-state index contributed by atoms with van der Waals surface area (Å²) in [7, 11) is 0. The second-order valence-corrected chi connectivity index (χ2v) is 5.55. The molecular formula is C11H15NO2. The third kappa shape index (κ3) is 0.599. The van der Waals surface area contributed by atoms with Gasteiger partial charge >= 0.3 is 0 Å². The fourth-order valence-electron chi connectivity index (χ4n) is 4.61. The highest BCUT2D eigenvalue weighted by molar-refractivity contribution is 5.89. The van der Waals surface area contributed by atoms with Crippen LogP contribution in [0.25, 0.3) is 0 Å². The second kappa shape index (κ2) is 2.07. The van der Waals surface area contributed by atoms with E-state index in [1.807, 2.05) is 0 Å². The zero-order valence-corrected chi connectivity index (χ0v) is 8.15. The maximum absolute atomic E-state index is 11.7. The van der Waals surface area contributed by atoms with E-state index in [4.69, 9.17) is 0 Å². The van der Waals surface area contributed by atoms with Crippen LogP contribution in [0.3, 0.4) is 0 Å². The van der Waals surface area contributed by atoms with Gasteiger partial charge in [0.2, 0.25) is 0 Å². The van der Waals surface area contributed by atoms with Crippen LogP contribution in [0.4, 0.5) is 0 Å². The first-order valence-corrected chi connectivity index (χ1v) is 5.69. The number of carbonyl (C=O) groups is 1. The summed E-state index contributed by atoms with van der Waals surface area (Å²) in [5, 5.41) is 9.79. The van der Waals surface area contributed by atoms with Crippen molar-refractivity contribution in [1.29, 1.82) is 0 Å². The minimum Gasteiger partial charge on any atom is -0.393 e. The van der Waals surface area contributed by atoms with Gasteiger partial charge in [-0.15, -0.1) is 0 Å². The summed E-state index contributed by atoms with van der Waals surface area (Å²) in [4.78, 5) is 14.1. The van der Waals surface area contributed by atoms with Crippen molar-refractivity contribution in [2.45, 2.75) is 43.4 Å². The van der Waals surface area contributed by atoms with Crippen LogP contribution < -0.4 is 0 Å². The van der Waals surface area contributed by atoms with Crippen molar-refractivity contribution in [3.8, 4) is 0 Å². The Morgan fingerprint density at radius 3 is 3.07 bits per heavy atom. The van der Waals surface area contributed by atoms with Crippen LogP contribution in [0.1, 0.15) is 25.7 Å². The Kier molecular flexibility index (Phi) is 1.16. The van der Waals surface area contributed by atoms with Crippen LogP contribution in [-0.2, 0) is 4.79 Å². The number of Topliss-reactive ketones (excluding diaryl/α,β-unsaturated/α-hetero) is 1. The van der Waals surface area contributed by atoms with Gasteiger partial charge in [-0.2, -0.15) is 0 Å². The molecule has 1 aliphatic carbocycles. The number of hydrogen-bond donors (Lipinski definition) is 1. The van der Waals surface area contributed by atoms with E-state index in [2.05, 4.69) is 4.90 Å². The standard InChI is InChI=1S/C11H15NO2/c13-8-1-6-2-9-10(14)5-12-7(3-8)4-11(6,9)12/h6-9,13H,1-5H2. The molecule has 1 saturated carbocycles. The molecule has 3 saturated heterocycles. The van der Waals surface area contributed by atoms with Gasteiger partial charge in [0.15, 0.2) is 5.78 Å². The topological polar surface area (TPSA) is 40.5 Å². The van der Waals surface area contributed by atoms with Gasteiger partial charge in [-0.05, 0) is 31.6 Å². The minimum atomic E-state index is -0.106. The normalized spacial score (nSPS) is 59.9. The van der Waals surface area contributed by atoms with Crippen LogP contribution in [0.2, 0.25) is 0 Å². The second-order valence-electron chi connectivity index (χ2n) is 5.55. The van der Waals surface area contributed by atoms with Crippen LogP contribution in [0.15, 0.2) is 0 Å². The third-order valence-corrected chi connectivity index (χ3v) is 5.18. The molecule has 1 N–H and O–H groups in total. The highest BCUT2D eigenvalue weighted by Crippen LogP contribution is 2.65. The number of aliphatic hydroxyl groups excluding tert-OH is 1. The number of aliphatic hydroxyl groups is 1. The van der Waals surface area contributed by atoms with E-state index in [1.165, 1.54) is 6.42 Å². The molecule has 3 heteroatoms. The Hall–Kier alpha value is -0.410. The van der Waals surface area contributed by atoms with Crippen molar-refractivity contribution in [3.05, 3.63) is 0 Å². The summed E-state index contributed by atoms with van der Waals surface area (Å²) in [5.74, 6) is 1.43. The number of hydrogen-bond acceptors (Lipinski definition) is 3. The minimum absolute atomic E-state index is 0.106. The van der Waals surface area contributed by atoms with E-state index < -0.39 is 0 Å². The largest absolute Gasteiger partial charge is 0.393 e. The highest BCUT2D eigenvalue weighted by atomic mass is 16.3. The van der Waals surface area contributed by atoms with Gasteiger partial charge in [-0.25, -0.2) is 0 Å². The van der Waals surface area contributed by atoms with Crippen LogP contribution >= 0.6 is 0 Å². The van der Waals surface area contributed by atoms with E-state index in [1.54, 1.807) is 0 Å². The smallest absolute Gasteiger partial charge is 0.151 e. The maximum Gasteiger partial charge on any atom is 0.151 e. The van der Waals surface area contributed by atoms with Gasteiger partial charge in [0, 0.05) is 17.5 Å². The molecule has 4 fully saturated rings. The predicted molar refractivity (Wildman–Crippen MR) is 49.7 cm³/mol. The molecule has 3 nitrogen and oxygen atoms in total. The fraction of sp³-hybridized carbons (Fsp3) is 0.909. The summed E-state index contributed by atoms with van der Waals surface area (Å²) < 4.78 is 0. The van der Waals surface area contributed by atoms with Crippen LogP contribution in [0, 0.1) is 11.8 Å². The Balaban J connectivity index is 1.77. The molecule has 5 unspecified atom stereocenters. The molecule has 0 aromatic carbocycles. The van der Waals surface area contributed by atoms with E-state index in [0.717, 1.165) is 19.3 Å². The SMILES string of the molecule is O=C1CN2C3CC(O)CC4CC1C42C3. The lowest BCUT2D eigenvalue weighted by Crippen LogP contribution is -2.72. The molecule has 76 valence electrons. The monoisotopic (exact) mass is 193 g/mol. The molecule has 3 aliphatic heterocycles. The molecule has 0 amide bonds. The molecule has 0 radical (unpaired) electrons. The molecule has 3 heterocycles. The van der Waals surface area contributed by atoms with Gasteiger partial charge in [0.1, 0.15) is 0 Å². The lowest BCUT2D eigenvalue weighted by atomic mass is 9.53. The first-order chi connectivity index (χ1) is 6.72. The Morgan fingerprint density at radius 2 is 2.21 bits per heavy atom. The highest BCUT2D eigenvalue weighted by Gasteiger charge is 2.73. The third-order valence-electron chi connectivity index (χ3n) is 5.18. The molecule has 0 aromatic heterocycles. The summed E-state index contributed by atoms with van der Waals surface area (Å²) in [5.41, 5.74) is 0.249. The van der Waals surface area contributed by atoms with Crippen molar-refractivity contribution in [2.75, 3.05) is 6.54 Å². The van der Waals surface area contributed by atoms with E-state index in [0.29, 0.717) is 30.2 Å². The van der Waals surface area contributed by atoms with Crippen molar-refractivity contribution in [1.82, 2.24) is 4.90 Å². The van der Waals surface area contributed by atoms with Crippen molar-refractivity contribution in [3.63, 3.8) is 0 Å². The number of rotatable bonds is 0. The summed E-state index contributed by atoms with van der Waals surface area (Å²) in [6.07, 6.45) is 3.98. The Morgan fingerprint density at radius 1 is 1.36 bits per heavy atom. The van der Waals surface area contributed by atoms with E-state index >= 15 is 0 Å². The van der Waals surface area contributed by atoms with Crippen molar-refractivity contribution in [2.24, 2.45) is 11.8 Å². The molecular weight excluding hydrogens is 178 g/mol. The molecule has 14 heavy (non-hydrogen) atoms. The molecule has 4 rings (SSSR count). The van der Waals surface area contributed by atoms with E-state index in [9.17, 15) is 9.90 Å². The Bertz CT molecular complexity index is 329. The summed E-state index contributed by atoms with van der Waals surface area (Å²) in [6, 6.07) is 0.518. The summed E-state index contributed by atoms with van der Waals surface area (Å²) >= 11 is 0. The molecule has 1 spiro atoms. The van der Waals surface area contributed by atoms with Gasteiger partial charge in [0.05, 0.1) is 12.6 Å². The first-order valence-electron chi connectivity index (χ1n) is 5.69. The average molecular weight is 193 g/mol. The zero-order chi connectivity index (χ0) is 9.50. The van der Waals surface area contributed by atoms with Crippen LogP contribution in [-0.4, -0.2) is 40.0 Å². The maximum atomic E-state index is 11.7. The van der Waals surface area contributed by atoms with Crippen molar-refractivity contribution >= 4 is 5.78 Å². The lowest BCUT2D eigenvalue weighted by Gasteiger charge is -2.64. The molecule has 2 bridgehead atoms. The lowest BCUT2D eigenvalue weighted by molar-refractivity contribution is -0.154. The molecule has 4 aliphatic rings. The quantitative estimate of drug-likeness (QED) is 0.596. The Labute approximate surface area is 83.1 Å². The van der Waals surface area contributed by atoms with Gasteiger partial charge in [0.25, 0.3) is 0 Å². The number of carbonyl (C=O) groups excluding carboxylic acids is 1. The number of nitrogens with zero attached hydrogens (tertiary/aromatic N) is 1. The molecule has 5 atom stereocenters.